The van der Waals surface area contributed by atoms with Gasteiger partial charge in [-0.3, -0.25) is 14.4 Å². The molecule has 2 aliphatic heterocycles. The first-order valence-electron chi connectivity index (χ1n) is 12.2. The highest BCUT2D eigenvalue weighted by Gasteiger charge is 2.26. The number of nitrogens with one attached hydrogen (secondary N) is 1. The fourth-order valence-electron chi connectivity index (χ4n) is 4.60. The molecule has 1 aromatic heterocycles. The topological polar surface area (TPSA) is 109 Å². The second-order valence-corrected chi connectivity index (χ2v) is 11.1. The Morgan fingerprint density at radius 3 is 2.03 bits per heavy atom. The average Bonchev–Trinajstić information content (AvgIpc) is 3.16. The molecule has 0 spiro atoms. The van der Waals surface area contributed by atoms with Gasteiger partial charge in [0.25, 0.3) is 17.4 Å². The molecule has 1 N–H and O–H groups in total. The van der Waals surface area contributed by atoms with E-state index in [4.69, 9.17) is 0 Å². The van der Waals surface area contributed by atoms with Crippen molar-refractivity contribution >= 4 is 27.5 Å². The van der Waals surface area contributed by atoms with Gasteiger partial charge in [-0.2, -0.15) is 4.31 Å². The molecule has 188 valence electrons. The molecule has 2 aliphatic rings. The van der Waals surface area contributed by atoms with Gasteiger partial charge in [0.1, 0.15) is 5.69 Å². The first-order chi connectivity index (χ1) is 16.8. The Hall–Kier alpha value is -2.98. The summed E-state index contributed by atoms with van der Waals surface area (Å²) in [5.41, 5.74) is 0.124. The Morgan fingerprint density at radius 2 is 1.40 bits per heavy atom. The number of amides is 2. The predicted octanol–water partition coefficient (Wildman–Crippen LogP) is 2.83. The maximum absolute atomic E-state index is 13.0. The van der Waals surface area contributed by atoms with Gasteiger partial charge < -0.3 is 14.8 Å². The maximum Gasteiger partial charge on any atom is 0.274 e. The van der Waals surface area contributed by atoms with Gasteiger partial charge in [0, 0.05) is 45.0 Å². The fourth-order valence-corrected chi connectivity index (χ4v) is 6.12. The van der Waals surface area contributed by atoms with E-state index in [0.717, 1.165) is 44.9 Å². The minimum absolute atomic E-state index is 0.00295. The van der Waals surface area contributed by atoms with Crippen LogP contribution in [0.1, 0.15) is 65.7 Å². The molecule has 2 amide bonds. The highest BCUT2D eigenvalue weighted by atomic mass is 32.2. The van der Waals surface area contributed by atoms with E-state index >= 15 is 0 Å². The molecule has 0 saturated carbocycles. The molecule has 10 heteroatoms. The average molecular weight is 501 g/mol. The third kappa shape index (κ3) is 5.65. The van der Waals surface area contributed by atoms with Crippen LogP contribution in [0.2, 0.25) is 0 Å². The van der Waals surface area contributed by atoms with E-state index in [0.29, 0.717) is 31.7 Å². The van der Waals surface area contributed by atoms with E-state index in [9.17, 15) is 22.8 Å². The normalized spacial score (nSPS) is 17.6. The van der Waals surface area contributed by atoms with Crippen molar-refractivity contribution in [3.05, 3.63) is 58.0 Å². The summed E-state index contributed by atoms with van der Waals surface area (Å²) in [4.78, 5) is 40.4. The van der Waals surface area contributed by atoms with Crippen molar-refractivity contribution < 1.29 is 18.0 Å². The van der Waals surface area contributed by atoms with Crippen molar-refractivity contribution in [1.82, 2.24) is 13.8 Å². The number of carbonyl (C=O) groups is 2. The van der Waals surface area contributed by atoms with Crippen molar-refractivity contribution in [2.24, 2.45) is 7.05 Å². The van der Waals surface area contributed by atoms with Crippen LogP contribution in [0, 0.1) is 0 Å². The molecular formula is C25H32N4O5S. The molecule has 3 heterocycles. The van der Waals surface area contributed by atoms with Crippen LogP contribution in [0.25, 0.3) is 0 Å². The number of hydrogen-bond acceptors (Lipinski definition) is 5. The largest absolute Gasteiger partial charge is 0.339 e. The molecule has 0 bridgehead atoms. The number of benzene rings is 1. The number of hydrogen-bond donors (Lipinski definition) is 1. The van der Waals surface area contributed by atoms with Crippen molar-refractivity contribution in [3.63, 3.8) is 0 Å². The number of sulfonamides is 1. The number of anilines is 1. The first kappa shape index (κ1) is 25.1. The van der Waals surface area contributed by atoms with E-state index in [1.165, 1.54) is 52.4 Å². The third-order valence-corrected chi connectivity index (χ3v) is 8.55. The lowest BCUT2D eigenvalue weighted by Crippen LogP contribution is -2.35. The molecule has 0 unspecified atom stereocenters. The zero-order valence-electron chi connectivity index (χ0n) is 20.0. The maximum atomic E-state index is 13.0. The summed E-state index contributed by atoms with van der Waals surface area (Å²) in [7, 11) is -2.06. The molecule has 0 aliphatic carbocycles. The number of aromatic nitrogens is 1. The number of piperidine rings is 1. The number of aryl methyl sites for hydroxylation is 1. The highest BCUT2D eigenvalue weighted by Crippen LogP contribution is 2.21. The molecule has 9 nitrogen and oxygen atoms in total. The van der Waals surface area contributed by atoms with Crippen LogP contribution < -0.4 is 10.9 Å². The third-order valence-electron chi connectivity index (χ3n) is 6.64. The summed E-state index contributed by atoms with van der Waals surface area (Å²) in [6.07, 6.45) is 8.28. The zero-order chi connectivity index (χ0) is 25.0. The minimum atomic E-state index is -3.60. The highest BCUT2D eigenvalue weighted by molar-refractivity contribution is 7.89. The molecule has 2 aromatic rings. The smallest absolute Gasteiger partial charge is 0.274 e. The van der Waals surface area contributed by atoms with Crippen LogP contribution in [-0.2, 0) is 17.1 Å². The first-order valence-corrected chi connectivity index (χ1v) is 13.6. The zero-order valence-corrected chi connectivity index (χ0v) is 20.8. The Morgan fingerprint density at radius 1 is 0.829 bits per heavy atom. The lowest BCUT2D eigenvalue weighted by Gasteiger charge is -2.25. The van der Waals surface area contributed by atoms with E-state index in [2.05, 4.69) is 5.32 Å². The van der Waals surface area contributed by atoms with Gasteiger partial charge in [0.2, 0.25) is 10.0 Å². The van der Waals surface area contributed by atoms with Gasteiger partial charge in [-0.05, 0) is 56.0 Å². The van der Waals surface area contributed by atoms with Crippen LogP contribution in [0.4, 0.5) is 5.69 Å². The SMILES string of the molecule is Cn1cc(C(=O)N2CCCCCC2)cc(NC(=O)c2ccc(S(=O)(=O)N3CCCCC3)cc2)c1=O. The summed E-state index contributed by atoms with van der Waals surface area (Å²) in [6.45, 7) is 2.35. The second kappa shape index (κ2) is 10.7. The summed E-state index contributed by atoms with van der Waals surface area (Å²) in [6, 6.07) is 7.11. The second-order valence-electron chi connectivity index (χ2n) is 9.21. The molecule has 1 aromatic carbocycles. The number of rotatable bonds is 5. The van der Waals surface area contributed by atoms with Crippen LogP contribution in [-0.4, -0.2) is 60.2 Å². The van der Waals surface area contributed by atoms with Gasteiger partial charge in [-0.25, -0.2) is 8.42 Å². The van der Waals surface area contributed by atoms with Crippen molar-refractivity contribution in [1.29, 1.82) is 0 Å². The van der Waals surface area contributed by atoms with Gasteiger partial charge in [0.05, 0.1) is 10.5 Å². The Kier molecular flexibility index (Phi) is 7.71. The van der Waals surface area contributed by atoms with Crippen molar-refractivity contribution in [2.75, 3.05) is 31.5 Å². The van der Waals surface area contributed by atoms with Crippen LogP contribution in [0.3, 0.4) is 0 Å². The van der Waals surface area contributed by atoms with Crippen LogP contribution >= 0.6 is 0 Å². The molecule has 0 radical (unpaired) electrons. The Balaban J connectivity index is 1.51. The predicted molar refractivity (Wildman–Crippen MR) is 133 cm³/mol. The standard InChI is InChI=1S/C25H32N4O5S/c1-27-18-20(24(31)28-13-5-2-3-6-14-28)17-22(25(27)32)26-23(30)19-9-11-21(12-10-19)35(33,34)29-15-7-4-8-16-29/h9-12,17-18H,2-8,13-16H2,1H3,(H,26,30). The van der Waals surface area contributed by atoms with Gasteiger partial charge in [-0.1, -0.05) is 19.3 Å². The summed E-state index contributed by atoms with van der Waals surface area (Å²) < 4.78 is 28.4. The molecule has 4 rings (SSSR count). The fraction of sp³-hybridized carbons (Fsp3) is 0.480. The monoisotopic (exact) mass is 500 g/mol. The van der Waals surface area contributed by atoms with Gasteiger partial charge in [0.15, 0.2) is 0 Å². The molecule has 2 saturated heterocycles. The van der Waals surface area contributed by atoms with Crippen molar-refractivity contribution in [2.45, 2.75) is 49.8 Å². The molecule has 0 atom stereocenters. The van der Waals surface area contributed by atoms with Crippen molar-refractivity contribution in [3.8, 4) is 0 Å². The van der Waals surface area contributed by atoms with E-state index in [-0.39, 0.29) is 22.1 Å². The number of nitrogens with zero attached hydrogens (tertiary/aromatic N) is 3. The number of likely N-dealkylation sites (tertiary alicyclic amines) is 1. The lowest BCUT2D eigenvalue weighted by molar-refractivity contribution is 0.0760. The van der Waals surface area contributed by atoms with Gasteiger partial charge >= 0.3 is 0 Å². The summed E-state index contributed by atoms with van der Waals surface area (Å²) >= 11 is 0. The number of carbonyl (C=O) groups excluding carboxylic acids is 2. The summed E-state index contributed by atoms with van der Waals surface area (Å²) in [5.74, 6) is -0.714. The lowest BCUT2D eigenvalue weighted by atomic mass is 10.2. The van der Waals surface area contributed by atoms with E-state index in [1.807, 2.05) is 0 Å². The Labute approximate surface area is 205 Å². The van der Waals surface area contributed by atoms with Crippen LogP contribution in [0.5, 0.6) is 0 Å². The summed E-state index contributed by atoms with van der Waals surface area (Å²) in [5, 5.41) is 2.60. The number of pyridine rings is 1. The van der Waals surface area contributed by atoms with Crippen LogP contribution in [0.15, 0.2) is 46.2 Å². The van der Waals surface area contributed by atoms with E-state index in [1.54, 1.807) is 4.90 Å². The minimum Gasteiger partial charge on any atom is -0.339 e. The molecular weight excluding hydrogens is 468 g/mol. The van der Waals surface area contributed by atoms with E-state index < -0.39 is 21.5 Å². The van der Waals surface area contributed by atoms with Gasteiger partial charge in [-0.15, -0.1) is 0 Å². The Bertz CT molecular complexity index is 1240. The molecule has 35 heavy (non-hydrogen) atoms. The molecule has 2 fully saturated rings. The quantitative estimate of drug-likeness (QED) is 0.679.